The van der Waals surface area contributed by atoms with Gasteiger partial charge >= 0.3 is 0 Å². The molecule has 0 atom stereocenters. The van der Waals surface area contributed by atoms with Crippen molar-refractivity contribution in [3.05, 3.63) is 99.1 Å². The zero-order valence-corrected chi connectivity index (χ0v) is 22.8. The molecule has 3 heterocycles. The van der Waals surface area contributed by atoms with E-state index in [1.807, 2.05) is 35.2 Å². The molecule has 1 N–H and O–H groups in total. The van der Waals surface area contributed by atoms with Crippen LogP contribution >= 0.6 is 27.3 Å². The number of nitrogens with one attached hydrogen (secondary N) is 1. The zero-order chi connectivity index (χ0) is 26.2. The van der Waals surface area contributed by atoms with Crippen LogP contribution < -0.4 is 10.2 Å². The van der Waals surface area contributed by atoms with Gasteiger partial charge in [-0.2, -0.15) is 0 Å². The van der Waals surface area contributed by atoms with Gasteiger partial charge in [-0.05, 0) is 95.2 Å². The number of Topliss-reactive ketones (excluding diaryl/α,β-unsaturated/α-hetero) is 1. The molecule has 0 unspecified atom stereocenters. The van der Waals surface area contributed by atoms with Crippen molar-refractivity contribution < 1.29 is 14.4 Å². The standard InChI is InChI=1S/C30H24BrN3O3S/c31-28-23(5-3-14-32-28)29(36)33-21-11-9-19(10-12-21)30(37)34-15-13-20-17-26(25(35)16-18-7-8-18)38-27(20)22-4-1-2-6-24(22)34/h1-6,9-12,14,17-18H,7-8,13,15-16H2,(H,33,36). The molecule has 8 heteroatoms. The van der Waals surface area contributed by atoms with Gasteiger partial charge in [0.2, 0.25) is 0 Å². The monoisotopic (exact) mass is 585 g/mol. The van der Waals surface area contributed by atoms with Gasteiger partial charge in [-0.15, -0.1) is 11.3 Å². The second kappa shape index (κ2) is 10.3. The number of carbonyl (C=O) groups is 3. The third-order valence-electron chi connectivity index (χ3n) is 6.94. The third-order valence-corrected chi connectivity index (χ3v) is 8.82. The van der Waals surface area contributed by atoms with Crippen molar-refractivity contribution in [2.45, 2.75) is 25.7 Å². The maximum Gasteiger partial charge on any atom is 0.258 e. The number of pyridine rings is 1. The molecule has 0 bridgehead atoms. The van der Waals surface area contributed by atoms with Crippen molar-refractivity contribution in [3.63, 3.8) is 0 Å². The van der Waals surface area contributed by atoms with Gasteiger partial charge in [0, 0.05) is 40.9 Å². The summed E-state index contributed by atoms with van der Waals surface area (Å²) in [6.07, 6.45) is 5.24. The summed E-state index contributed by atoms with van der Waals surface area (Å²) in [5, 5.41) is 2.85. The number of benzene rings is 2. The minimum absolute atomic E-state index is 0.106. The molecule has 1 saturated carbocycles. The largest absolute Gasteiger partial charge is 0.322 e. The summed E-state index contributed by atoms with van der Waals surface area (Å²) in [4.78, 5) is 46.8. The number of hydrogen-bond acceptors (Lipinski definition) is 5. The fraction of sp³-hybridized carbons (Fsp3) is 0.200. The Labute approximate surface area is 232 Å². The maximum absolute atomic E-state index is 13.7. The molecule has 2 aromatic heterocycles. The van der Waals surface area contributed by atoms with Crippen molar-refractivity contribution in [2.75, 3.05) is 16.8 Å². The number of para-hydroxylation sites is 1. The number of thiophene rings is 1. The fourth-order valence-corrected chi connectivity index (χ4v) is 6.36. The van der Waals surface area contributed by atoms with Gasteiger partial charge < -0.3 is 10.2 Å². The van der Waals surface area contributed by atoms with E-state index < -0.39 is 0 Å². The van der Waals surface area contributed by atoms with Crippen LogP contribution in [0.3, 0.4) is 0 Å². The number of anilines is 2. The molecule has 2 amide bonds. The normalized spacial score (nSPS) is 14.3. The van der Waals surface area contributed by atoms with Crippen LogP contribution in [0.25, 0.3) is 10.4 Å². The lowest BCUT2D eigenvalue weighted by atomic mass is 10.1. The predicted octanol–water partition coefficient (Wildman–Crippen LogP) is 7.01. The summed E-state index contributed by atoms with van der Waals surface area (Å²) in [5.74, 6) is 0.401. The second-order valence-electron chi connectivity index (χ2n) is 9.63. The topological polar surface area (TPSA) is 79.4 Å². The first-order valence-corrected chi connectivity index (χ1v) is 14.2. The van der Waals surface area contributed by atoms with Gasteiger partial charge in [-0.3, -0.25) is 14.4 Å². The number of amides is 2. The Morgan fingerprint density at radius 1 is 1.03 bits per heavy atom. The summed E-state index contributed by atoms with van der Waals surface area (Å²) < 4.78 is 0.469. The fourth-order valence-electron chi connectivity index (χ4n) is 4.74. The Kier molecular flexibility index (Phi) is 6.68. The average molecular weight is 587 g/mol. The average Bonchev–Trinajstić information content (AvgIpc) is 3.67. The number of ketones is 1. The Morgan fingerprint density at radius 2 is 1.82 bits per heavy atom. The predicted molar refractivity (Wildman–Crippen MR) is 153 cm³/mol. The molecule has 2 aliphatic rings. The van der Waals surface area contributed by atoms with Gasteiger partial charge in [0.15, 0.2) is 5.78 Å². The highest BCUT2D eigenvalue weighted by molar-refractivity contribution is 9.10. The molecule has 6 rings (SSSR count). The molecule has 190 valence electrons. The van der Waals surface area contributed by atoms with Crippen LogP contribution in [0.1, 0.15) is 55.2 Å². The molecule has 1 aliphatic heterocycles. The Balaban J connectivity index is 1.23. The Bertz CT molecular complexity index is 1560. The highest BCUT2D eigenvalue weighted by Crippen LogP contribution is 2.43. The van der Waals surface area contributed by atoms with E-state index in [0.717, 1.165) is 39.4 Å². The van der Waals surface area contributed by atoms with Crippen LogP contribution in [0.15, 0.2) is 77.5 Å². The molecule has 38 heavy (non-hydrogen) atoms. The maximum atomic E-state index is 13.7. The van der Waals surface area contributed by atoms with E-state index in [4.69, 9.17) is 0 Å². The lowest BCUT2D eigenvalue weighted by Crippen LogP contribution is -2.32. The van der Waals surface area contributed by atoms with Crippen LogP contribution in [-0.4, -0.2) is 29.1 Å². The van der Waals surface area contributed by atoms with Crippen molar-refractivity contribution in [3.8, 4) is 10.4 Å². The van der Waals surface area contributed by atoms with Gasteiger partial charge in [-0.1, -0.05) is 18.2 Å². The molecule has 4 aromatic rings. The van der Waals surface area contributed by atoms with Crippen LogP contribution in [-0.2, 0) is 6.42 Å². The smallest absolute Gasteiger partial charge is 0.258 e. The quantitative estimate of drug-likeness (QED) is 0.195. The van der Waals surface area contributed by atoms with Gasteiger partial charge in [0.05, 0.1) is 16.1 Å². The van der Waals surface area contributed by atoms with Crippen molar-refractivity contribution in [2.24, 2.45) is 5.92 Å². The summed E-state index contributed by atoms with van der Waals surface area (Å²) in [6.45, 7) is 0.517. The van der Waals surface area contributed by atoms with Crippen molar-refractivity contribution in [1.82, 2.24) is 4.98 Å². The summed E-state index contributed by atoms with van der Waals surface area (Å²) in [5.41, 5.74) is 4.50. The molecule has 6 nitrogen and oxygen atoms in total. The molecular weight excluding hydrogens is 562 g/mol. The number of aromatic nitrogens is 1. The second-order valence-corrected chi connectivity index (χ2v) is 11.4. The Morgan fingerprint density at radius 3 is 2.58 bits per heavy atom. The van der Waals surface area contributed by atoms with E-state index in [-0.39, 0.29) is 17.6 Å². The zero-order valence-electron chi connectivity index (χ0n) is 20.4. The summed E-state index contributed by atoms with van der Waals surface area (Å²) >= 11 is 4.85. The molecule has 1 aliphatic carbocycles. The molecule has 0 radical (unpaired) electrons. The highest BCUT2D eigenvalue weighted by atomic mass is 79.9. The van der Waals surface area contributed by atoms with Crippen LogP contribution in [0, 0.1) is 5.92 Å². The van der Waals surface area contributed by atoms with Gasteiger partial charge in [0.1, 0.15) is 4.60 Å². The number of fused-ring (bicyclic) bond motifs is 3. The lowest BCUT2D eigenvalue weighted by molar-refractivity contribution is 0.0974. The van der Waals surface area contributed by atoms with E-state index in [9.17, 15) is 14.4 Å². The summed E-state index contributed by atoms with van der Waals surface area (Å²) in [6, 6.07) is 20.2. The number of carbonyl (C=O) groups excluding carboxylic acids is 3. The first-order valence-electron chi connectivity index (χ1n) is 12.6. The first kappa shape index (κ1) is 24.7. The Hall–Kier alpha value is -3.62. The lowest BCUT2D eigenvalue weighted by Gasteiger charge is -2.23. The molecule has 1 fully saturated rings. The number of halogens is 1. The molecule has 0 saturated heterocycles. The van der Waals surface area contributed by atoms with Gasteiger partial charge in [-0.25, -0.2) is 4.98 Å². The summed E-state index contributed by atoms with van der Waals surface area (Å²) in [7, 11) is 0. The van der Waals surface area contributed by atoms with Gasteiger partial charge in [0.25, 0.3) is 11.8 Å². The van der Waals surface area contributed by atoms with E-state index in [0.29, 0.717) is 46.7 Å². The van der Waals surface area contributed by atoms with Crippen molar-refractivity contribution in [1.29, 1.82) is 0 Å². The highest BCUT2D eigenvalue weighted by Gasteiger charge is 2.29. The van der Waals surface area contributed by atoms with E-state index in [1.165, 1.54) is 0 Å². The number of rotatable bonds is 6. The number of hydrogen-bond donors (Lipinski definition) is 1. The van der Waals surface area contributed by atoms with Crippen LogP contribution in [0.4, 0.5) is 11.4 Å². The van der Waals surface area contributed by atoms with E-state index in [2.05, 4.69) is 26.2 Å². The number of nitrogens with zero attached hydrogens (tertiary/aromatic N) is 2. The van der Waals surface area contributed by atoms with E-state index >= 15 is 0 Å². The van der Waals surface area contributed by atoms with Crippen molar-refractivity contribution >= 4 is 56.2 Å². The molecule has 2 aromatic carbocycles. The van der Waals surface area contributed by atoms with E-state index in [1.54, 1.807) is 53.9 Å². The molecule has 0 spiro atoms. The van der Waals surface area contributed by atoms with Crippen LogP contribution in [0.2, 0.25) is 0 Å². The first-order chi connectivity index (χ1) is 18.5. The third kappa shape index (κ3) is 4.93. The van der Waals surface area contributed by atoms with Crippen LogP contribution in [0.5, 0.6) is 0 Å². The SMILES string of the molecule is O=C(CC1CC1)c1cc2c(s1)-c1ccccc1N(C(=O)c1ccc(NC(=O)c3cccnc3Br)cc1)CC2. The minimum Gasteiger partial charge on any atom is -0.322 e. The minimum atomic E-state index is -0.286. The molecular formula is C30H24BrN3O3S.